The SMILES string of the molecule is CCOC(=O)COc1c(Cl)cc(/C=N/NC(=O)c2ccc(-n3c(C)ccc3-c3ccccc3)cc2)cc1Cl. The Morgan fingerprint density at radius 3 is 2.32 bits per heavy atom. The van der Waals surface area contributed by atoms with Crippen LogP contribution in [-0.2, 0) is 9.53 Å². The van der Waals surface area contributed by atoms with E-state index in [9.17, 15) is 9.59 Å². The van der Waals surface area contributed by atoms with Gasteiger partial charge < -0.3 is 14.0 Å². The van der Waals surface area contributed by atoms with Gasteiger partial charge in [0, 0.05) is 16.9 Å². The largest absolute Gasteiger partial charge is 0.479 e. The number of nitrogens with zero attached hydrogens (tertiary/aromatic N) is 2. The molecule has 38 heavy (non-hydrogen) atoms. The van der Waals surface area contributed by atoms with Gasteiger partial charge in [-0.05, 0) is 73.5 Å². The Labute approximate surface area is 230 Å². The number of halogens is 2. The van der Waals surface area contributed by atoms with Crippen LogP contribution in [0.5, 0.6) is 5.75 Å². The van der Waals surface area contributed by atoms with Crippen LogP contribution in [0.1, 0.15) is 28.5 Å². The summed E-state index contributed by atoms with van der Waals surface area (Å²) in [4.78, 5) is 24.1. The minimum Gasteiger partial charge on any atom is -0.479 e. The number of rotatable bonds is 9. The first-order valence-electron chi connectivity index (χ1n) is 11.8. The molecule has 0 saturated heterocycles. The molecule has 4 rings (SSSR count). The minimum atomic E-state index is -0.527. The predicted molar refractivity (Wildman–Crippen MR) is 150 cm³/mol. The third-order valence-electron chi connectivity index (χ3n) is 5.57. The van der Waals surface area contributed by atoms with Gasteiger partial charge in [0.2, 0.25) is 0 Å². The van der Waals surface area contributed by atoms with Gasteiger partial charge in [0.25, 0.3) is 5.91 Å². The molecule has 0 aliphatic heterocycles. The van der Waals surface area contributed by atoms with Crippen LogP contribution in [0.2, 0.25) is 10.0 Å². The van der Waals surface area contributed by atoms with E-state index in [1.54, 1.807) is 31.2 Å². The second-order valence-corrected chi connectivity index (χ2v) is 9.03. The molecule has 0 spiro atoms. The maximum absolute atomic E-state index is 12.6. The summed E-state index contributed by atoms with van der Waals surface area (Å²) in [6.07, 6.45) is 1.41. The quantitative estimate of drug-likeness (QED) is 0.147. The molecule has 0 fully saturated rings. The van der Waals surface area contributed by atoms with E-state index in [2.05, 4.69) is 39.4 Å². The molecule has 4 aromatic rings. The van der Waals surface area contributed by atoms with Crippen LogP contribution in [0.4, 0.5) is 0 Å². The van der Waals surface area contributed by atoms with Crippen molar-refractivity contribution in [1.29, 1.82) is 0 Å². The number of nitrogens with one attached hydrogen (secondary N) is 1. The van der Waals surface area contributed by atoms with Gasteiger partial charge in [-0.25, -0.2) is 10.2 Å². The standard InChI is InChI=1S/C29H25Cl2N3O4/c1-3-37-27(35)18-38-28-24(30)15-20(16-25(28)31)17-32-33-29(36)22-10-12-23(13-11-22)34-19(2)9-14-26(34)21-7-5-4-6-8-21/h4-17H,3,18H2,1-2H3,(H,33,36)/b32-17+. The van der Waals surface area contributed by atoms with Crippen molar-refractivity contribution >= 4 is 41.3 Å². The number of aryl methyl sites for hydroxylation is 1. The summed E-state index contributed by atoms with van der Waals surface area (Å²) in [5.41, 5.74) is 7.70. The first kappa shape index (κ1) is 27.0. The molecule has 0 atom stereocenters. The maximum atomic E-state index is 12.6. The smallest absolute Gasteiger partial charge is 0.344 e. The third-order valence-corrected chi connectivity index (χ3v) is 6.13. The molecular weight excluding hydrogens is 525 g/mol. The second kappa shape index (κ2) is 12.4. The highest BCUT2D eigenvalue weighted by Gasteiger charge is 2.13. The van der Waals surface area contributed by atoms with E-state index in [4.69, 9.17) is 32.7 Å². The van der Waals surface area contributed by atoms with E-state index in [1.807, 2.05) is 37.3 Å². The molecule has 7 nitrogen and oxygen atoms in total. The van der Waals surface area contributed by atoms with Crippen LogP contribution in [0.25, 0.3) is 16.9 Å². The van der Waals surface area contributed by atoms with Crippen LogP contribution in [-0.4, -0.2) is 35.9 Å². The lowest BCUT2D eigenvalue weighted by Crippen LogP contribution is -2.17. The highest BCUT2D eigenvalue weighted by atomic mass is 35.5. The van der Waals surface area contributed by atoms with Crippen molar-refractivity contribution in [2.24, 2.45) is 5.10 Å². The highest BCUT2D eigenvalue weighted by molar-refractivity contribution is 6.37. The molecule has 1 heterocycles. The fourth-order valence-electron chi connectivity index (χ4n) is 3.83. The normalized spacial score (nSPS) is 10.9. The zero-order valence-electron chi connectivity index (χ0n) is 20.8. The Bertz CT molecular complexity index is 1440. The zero-order chi connectivity index (χ0) is 27.1. The molecule has 1 aromatic heterocycles. The van der Waals surface area contributed by atoms with Crippen molar-refractivity contribution in [1.82, 2.24) is 9.99 Å². The van der Waals surface area contributed by atoms with Crippen molar-refractivity contribution in [3.8, 4) is 22.7 Å². The maximum Gasteiger partial charge on any atom is 0.344 e. The summed E-state index contributed by atoms with van der Waals surface area (Å²) in [6.45, 7) is 3.68. The van der Waals surface area contributed by atoms with Gasteiger partial charge in [0.15, 0.2) is 12.4 Å². The number of aromatic nitrogens is 1. The van der Waals surface area contributed by atoms with Crippen LogP contribution < -0.4 is 10.2 Å². The van der Waals surface area contributed by atoms with Crippen LogP contribution in [0, 0.1) is 6.92 Å². The third kappa shape index (κ3) is 6.43. The number of ether oxygens (including phenoxy) is 2. The van der Waals surface area contributed by atoms with E-state index in [0.29, 0.717) is 11.1 Å². The van der Waals surface area contributed by atoms with Crippen molar-refractivity contribution in [3.63, 3.8) is 0 Å². The fraction of sp³-hybridized carbons (Fsp3) is 0.138. The zero-order valence-corrected chi connectivity index (χ0v) is 22.3. The average molecular weight is 550 g/mol. The number of benzene rings is 3. The monoisotopic (exact) mass is 549 g/mol. The van der Waals surface area contributed by atoms with Crippen molar-refractivity contribution < 1.29 is 19.1 Å². The molecule has 194 valence electrons. The van der Waals surface area contributed by atoms with Gasteiger partial charge in [0.1, 0.15) is 0 Å². The molecule has 1 amide bonds. The Hall–Kier alpha value is -4.07. The molecule has 1 N–H and O–H groups in total. The molecule has 3 aromatic carbocycles. The first-order valence-corrected chi connectivity index (χ1v) is 12.6. The van der Waals surface area contributed by atoms with Gasteiger partial charge in [-0.1, -0.05) is 53.5 Å². The van der Waals surface area contributed by atoms with E-state index < -0.39 is 5.97 Å². The Kier molecular flexibility index (Phi) is 8.84. The topological polar surface area (TPSA) is 81.9 Å². The van der Waals surface area contributed by atoms with Crippen LogP contribution >= 0.6 is 23.2 Å². The molecule has 0 radical (unpaired) electrons. The van der Waals surface area contributed by atoms with Gasteiger partial charge in [-0.3, -0.25) is 4.79 Å². The molecule has 0 aliphatic rings. The predicted octanol–water partition coefficient (Wildman–Crippen LogP) is 6.47. The molecule has 0 bridgehead atoms. The number of carbonyl (C=O) groups excluding carboxylic acids is 2. The molecule has 0 aliphatic carbocycles. The number of carbonyl (C=O) groups is 2. The summed E-state index contributed by atoms with van der Waals surface area (Å²) >= 11 is 12.5. The summed E-state index contributed by atoms with van der Waals surface area (Å²) in [7, 11) is 0. The second-order valence-electron chi connectivity index (χ2n) is 8.21. The number of hydrazone groups is 1. The van der Waals surface area contributed by atoms with Gasteiger partial charge in [-0.2, -0.15) is 5.10 Å². The van der Waals surface area contributed by atoms with Crippen LogP contribution in [0.15, 0.2) is 84.0 Å². The molecule has 9 heteroatoms. The van der Waals surface area contributed by atoms with Gasteiger partial charge in [0.05, 0.1) is 28.6 Å². The Balaban J connectivity index is 1.41. The summed E-state index contributed by atoms with van der Waals surface area (Å²) in [5, 5.41) is 4.40. The van der Waals surface area contributed by atoms with E-state index in [1.165, 1.54) is 6.21 Å². The number of hydrogen-bond acceptors (Lipinski definition) is 5. The molecular formula is C29H25Cl2N3O4. The van der Waals surface area contributed by atoms with Crippen molar-refractivity contribution in [2.75, 3.05) is 13.2 Å². The lowest BCUT2D eigenvalue weighted by molar-refractivity contribution is -0.145. The van der Waals surface area contributed by atoms with E-state index >= 15 is 0 Å². The van der Waals surface area contributed by atoms with E-state index in [0.717, 1.165) is 22.6 Å². The number of esters is 1. The number of hydrogen-bond donors (Lipinski definition) is 1. The molecule has 0 unspecified atom stereocenters. The van der Waals surface area contributed by atoms with Gasteiger partial charge >= 0.3 is 5.97 Å². The number of amides is 1. The Morgan fingerprint density at radius 1 is 0.974 bits per heavy atom. The van der Waals surface area contributed by atoms with Gasteiger partial charge in [-0.15, -0.1) is 0 Å². The summed E-state index contributed by atoms with van der Waals surface area (Å²) in [6, 6.07) is 24.7. The summed E-state index contributed by atoms with van der Waals surface area (Å²) in [5.74, 6) is -0.732. The Morgan fingerprint density at radius 2 is 1.66 bits per heavy atom. The highest BCUT2D eigenvalue weighted by Crippen LogP contribution is 2.34. The fourth-order valence-corrected chi connectivity index (χ4v) is 4.45. The van der Waals surface area contributed by atoms with Crippen LogP contribution in [0.3, 0.4) is 0 Å². The average Bonchev–Trinajstić information content (AvgIpc) is 3.30. The molecule has 0 saturated carbocycles. The summed E-state index contributed by atoms with van der Waals surface area (Å²) < 4.78 is 12.3. The lowest BCUT2D eigenvalue weighted by Gasteiger charge is -2.12. The van der Waals surface area contributed by atoms with Crippen molar-refractivity contribution in [2.45, 2.75) is 13.8 Å². The minimum absolute atomic E-state index is 0.163. The lowest BCUT2D eigenvalue weighted by atomic mass is 10.1. The van der Waals surface area contributed by atoms with Crippen molar-refractivity contribution in [3.05, 3.63) is 106 Å². The first-order chi connectivity index (χ1) is 18.4. The van der Waals surface area contributed by atoms with E-state index in [-0.39, 0.29) is 34.9 Å².